The van der Waals surface area contributed by atoms with E-state index in [-0.39, 0.29) is 5.91 Å². The van der Waals surface area contributed by atoms with E-state index in [0.717, 1.165) is 11.1 Å². The zero-order chi connectivity index (χ0) is 16.2. The lowest BCUT2D eigenvalue weighted by molar-refractivity contribution is 0.0946. The van der Waals surface area contributed by atoms with Gasteiger partial charge < -0.3 is 5.32 Å². The van der Waals surface area contributed by atoms with Crippen LogP contribution in [0.3, 0.4) is 0 Å². The van der Waals surface area contributed by atoms with E-state index < -0.39 is 0 Å². The van der Waals surface area contributed by atoms with Crippen molar-refractivity contribution in [3.63, 3.8) is 0 Å². The Balaban J connectivity index is 1.67. The van der Waals surface area contributed by atoms with Crippen LogP contribution >= 0.6 is 23.2 Å². The van der Waals surface area contributed by atoms with Gasteiger partial charge in [-0.05, 0) is 35.9 Å². The van der Waals surface area contributed by atoms with Crippen molar-refractivity contribution in [2.75, 3.05) is 0 Å². The van der Waals surface area contributed by atoms with Gasteiger partial charge in [0, 0.05) is 22.2 Å². The topological polar surface area (TPSA) is 57.8 Å². The summed E-state index contributed by atoms with van der Waals surface area (Å²) in [5.74, 6) is -0.222. The number of nitrogens with zero attached hydrogens (tertiary/aromatic N) is 1. The summed E-state index contributed by atoms with van der Waals surface area (Å²) in [5, 5.41) is 11.0. The zero-order valence-corrected chi connectivity index (χ0v) is 13.5. The number of hydrogen-bond donors (Lipinski definition) is 2. The molecule has 0 bridgehead atoms. The maximum Gasteiger partial charge on any atom is 0.269 e. The Morgan fingerprint density at radius 1 is 1.04 bits per heavy atom. The molecule has 1 aromatic heterocycles. The van der Waals surface area contributed by atoms with Crippen molar-refractivity contribution < 1.29 is 4.79 Å². The standard InChI is InChI=1S/C17H13Cl2N3O/c18-13-6-4-11(5-7-13)10-20-17(23)16-9-15(21-22-16)12-2-1-3-14(19)8-12/h1-9H,10H2,(H,20,23)(H,21,22). The molecule has 116 valence electrons. The first-order chi connectivity index (χ1) is 11.1. The highest BCUT2D eigenvalue weighted by Crippen LogP contribution is 2.21. The lowest BCUT2D eigenvalue weighted by Gasteiger charge is -2.03. The first kappa shape index (κ1) is 15.6. The van der Waals surface area contributed by atoms with Gasteiger partial charge in [-0.25, -0.2) is 0 Å². The second-order valence-corrected chi connectivity index (χ2v) is 5.86. The number of H-pyrrole nitrogens is 1. The van der Waals surface area contributed by atoms with Crippen LogP contribution in [0.25, 0.3) is 11.3 Å². The minimum absolute atomic E-state index is 0.222. The van der Waals surface area contributed by atoms with Gasteiger partial charge in [0.2, 0.25) is 0 Å². The lowest BCUT2D eigenvalue weighted by atomic mass is 10.1. The Bertz CT molecular complexity index is 828. The van der Waals surface area contributed by atoms with Crippen LogP contribution in [0, 0.1) is 0 Å². The molecule has 1 amide bonds. The summed E-state index contributed by atoms with van der Waals surface area (Å²) < 4.78 is 0. The Morgan fingerprint density at radius 3 is 2.57 bits per heavy atom. The Labute approximate surface area is 143 Å². The molecule has 0 atom stereocenters. The molecule has 0 spiro atoms. The fraction of sp³-hybridized carbons (Fsp3) is 0.0588. The fourth-order valence-corrected chi connectivity index (χ4v) is 2.43. The zero-order valence-electron chi connectivity index (χ0n) is 12.0. The molecule has 2 N–H and O–H groups in total. The molecule has 23 heavy (non-hydrogen) atoms. The number of amides is 1. The van der Waals surface area contributed by atoms with Gasteiger partial charge in [-0.15, -0.1) is 0 Å². The van der Waals surface area contributed by atoms with E-state index in [2.05, 4.69) is 15.5 Å². The van der Waals surface area contributed by atoms with E-state index in [1.165, 1.54) is 0 Å². The third kappa shape index (κ3) is 3.92. The van der Waals surface area contributed by atoms with Crippen LogP contribution in [-0.2, 0) is 6.54 Å². The first-order valence-corrected chi connectivity index (χ1v) is 7.71. The van der Waals surface area contributed by atoms with Crippen molar-refractivity contribution in [1.82, 2.24) is 15.5 Å². The molecule has 0 saturated carbocycles. The van der Waals surface area contributed by atoms with E-state index in [1.54, 1.807) is 30.3 Å². The van der Waals surface area contributed by atoms with Gasteiger partial charge in [0.25, 0.3) is 5.91 Å². The van der Waals surface area contributed by atoms with Gasteiger partial charge in [-0.1, -0.05) is 47.5 Å². The molecule has 0 aliphatic carbocycles. The molecule has 0 saturated heterocycles. The number of nitrogens with one attached hydrogen (secondary N) is 2. The molecular formula is C17H13Cl2N3O. The molecule has 6 heteroatoms. The minimum atomic E-state index is -0.222. The number of carbonyl (C=O) groups excluding carboxylic acids is 1. The Morgan fingerprint density at radius 2 is 1.83 bits per heavy atom. The predicted molar refractivity (Wildman–Crippen MR) is 91.7 cm³/mol. The summed E-state index contributed by atoms with van der Waals surface area (Å²) >= 11 is 11.8. The van der Waals surface area contributed by atoms with Gasteiger partial charge in [0.1, 0.15) is 5.69 Å². The minimum Gasteiger partial charge on any atom is -0.347 e. The molecule has 0 aliphatic heterocycles. The largest absolute Gasteiger partial charge is 0.347 e. The highest BCUT2D eigenvalue weighted by Gasteiger charge is 2.11. The SMILES string of the molecule is O=C(NCc1ccc(Cl)cc1)c1cc(-c2cccc(Cl)c2)n[nH]1. The second kappa shape index (κ2) is 6.86. The third-order valence-corrected chi connectivity index (χ3v) is 3.80. The summed E-state index contributed by atoms with van der Waals surface area (Å²) in [6, 6.07) is 16.3. The van der Waals surface area contributed by atoms with Crippen LogP contribution in [0.15, 0.2) is 54.6 Å². The maximum atomic E-state index is 12.2. The average Bonchev–Trinajstić information content (AvgIpc) is 3.04. The van der Waals surface area contributed by atoms with Crippen molar-refractivity contribution in [3.05, 3.63) is 75.9 Å². The molecular weight excluding hydrogens is 333 g/mol. The normalized spacial score (nSPS) is 10.5. The second-order valence-electron chi connectivity index (χ2n) is 4.99. The average molecular weight is 346 g/mol. The molecule has 4 nitrogen and oxygen atoms in total. The fourth-order valence-electron chi connectivity index (χ4n) is 2.11. The van der Waals surface area contributed by atoms with Crippen molar-refractivity contribution in [2.24, 2.45) is 0 Å². The molecule has 0 aliphatic rings. The van der Waals surface area contributed by atoms with E-state index in [1.807, 2.05) is 24.3 Å². The summed E-state index contributed by atoms with van der Waals surface area (Å²) in [6.45, 7) is 0.418. The number of rotatable bonds is 4. The lowest BCUT2D eigenvalue weighted by Crippen LogP contribution is -2.23. The number of halogens is 2. The van der Waals surface area contributed by atoms with Crippen LogP contribution in [0.2, 0.25) is 10.0 Å². The van der Waals surface area contributed by atoms with Crippen LogP contribution in [0.5, 0.6) is 0 Å². The summed E-state index contributed by atoms with van der Waals surface area (Å²) in [4.78, 5) is 12.2. The van der Waals surface area contributed by atoms with E-state index >= 15 is 0 Å². The monoisotopic (exact) mass is 345 g/mol. The van der Waals surface area contributed by atoms with Gasteiger partial charge in [-0.2, -0.15) is 5.10 Å². The number of carbonyl (C=O) groups is 1. The summed E-state index contributed by atoms with van der Waals surface area (Å²) in [5.41, 5.74) is 2.89. The predicted octanol–water partition coefficient (Wildman–Crippen LogP) is 4.31. The molecule has 0 fully saturated rings. The van der Waals surface area contributed by atoms with E-state index in [4.69, 9.17) is 23.2 Å². The molecule has 0 unspecified atom stereocenters. The highest BCUT2D eigenvalue weighted by molar-refractivity contribution is 6.31. The first-order valence-electron chi connectivity index (χ1n) is 6.96. The van der Waals surface area contributed by atoms with Crippen LogP contribution in [0.1, 0.15) is 16.1 Å². The van der Waals surface area contributed by atoms with E-state index in [9.17, 15) is 4.79 Å². The van der Waals surface area contributed by atoms with Gasteiger partial charge in [-0.3, -0.25) is 9.89 Å². The number of aromatic amines is 1. The molecule has 2 aromatic carbocycles. The number of benzene rings is 2. The van der Waals surface area contributed by atoms with Crippen molar-refractivity contribution in [2.45, 2.75) is 6.54 Å². The van der Waals surface area contributed by atoms with E-state index in [0.29, 0.717) is 28.0 Å². The van der Waals surface area contributed by atoms with Gasteiger partial charge in [0.15, 0.2) is 0 Å². The molecule has 3 aromatic rings. The van der Waals surface area contributed by atoms with Crippen LogP contribution in [-0.4, -0.2) is 16.1 Å². The van der Waals surface area contributed by atoms with Crippen molar-refractivity contribution in [1.29, 1.82) is 0 Å². The molecule has 3 rings (SSSR count). The quantitative estimate of drug-likeness (QED) is 0.739. The Kier molecular flexibility index (Phi) is 4.65. The van der Waals surface area contributed by atoms with Crippen LogP contribution in [0.4, 0.5) is 0 Å². The Hall–Kier alpha value is -2.30. The summed E-state index contributed by atoms with van der Waals surface area (Å²) in [6.07, 6.45) is 0. The smallest absolute Gasteiger partial charge is 0.269 e. The molecule has 1 heterocycles. The highest BCUT2D eigenvalue weighted by atomic mass is 35.5. The maximum absolute atomic E-state index is 12.2. The number of aromatic nitrogens is 2. The van der Waals surface area contributed by atoms with Crippen LogP contribution < -0.4 is 5.32 Å². The van der Waals surface area contributed by atoms with Gasteiger partial charge >= 0.3 is 0 Å². The molecule has 0 radical (unpaired) electrons. The summed E-state index contributed by atoms with van der Waals surface area (Å²) in [7, 11) is 0. The third-order valence-electron chi connectivity index (χ3n) is 3.31. The van der Waals surface area contributed by atoms with Gasteiger partial charge in [0.05, 0.1) is 5.69 Å². The van der Waals surface area contributed by atoms with Crippen molar-refractivity contribution >= 4 is 29.1 Å². The number of hydrogen-bond acceptors (Lipinski definition) is 2. The van der Waals surface area contributed by atoms with Crippen molar-refractivity contribution in [3.8, 4) is 11.3 Å².